The molecule has 0 saturated carbocycles. The van der Waals surface area contributed by atoms with Gasteiger partial charge in [-0.05, 0) is 20.3 Å². The van der Waals surface area contributed by atoms with Gasteiger partial charge >= 0.3 is 5.92 Å². The third-order valence-electron chi connectivity index (χ3n) is 4.56. The lowest BCUT2D eigenvalue weighted by Gasteiger charge is -2.17. The van der Waals surface area contributed by atoms with Crippen molar-refractivity contribution in [1.82, 2.24) is 24.9 Å². The van der Waals surface area contributed by atoms with Crippen molar-refractivity contribution in [3.05, 3.63) is 47.9 Å². The fourth-order valence-corrected chi connectivity index (χ4v) is 2.87. The van der Waals surface area contributed by atoms with Gasteiger partial charge in [-0.1, -0.05) is 6.92 Å². The number of carbonyl (C=O) groups is 1. The van der Waals surface area contributed by atoms with E-state index in [4.69, 9.17) is 0 Å². The third-order valence-corrected chi connectivity index (χ3v) is 4.56. The molecular weight excluding hydrogens is 432 g/mol. The zero-order valence-corrected chi connectivity index (χ0v) is 18.9. The Labute approximate surface area is 189 Å². The number of aryl methyl sites for hydroxylation is 1. The average molecular weight is 457 g/mol. The van der Waals surface area contributed by atoms with Crippen LogP contribution in [0.5, 0.6) is 0 Å². The number of pyridine rings is 1. The van der Waals surface area contributed by atoms with Crippen molar-refractivity contribution in [3.8, 4) is 11.3 Å². The van der Waals surface area contributed by atoms with Crippen LogP contribution in [-0.2, 0) is 22.7 Å². The molecule has 0 atom stereocenters. The van der Waals surface area contributed by atoms with Crippen LogP contribution in [0.3, 0.4) is 0 Å². The van der Waals surface area contributed by atoms with Crippen molar-refractivity contribution in [3.63, 3.8) is 0 Å². The van der Waals surface area contributed by atoms with E-state index in [0.29, 0.717) is 34.8 Å². The van der Waals surface area contributed by atoms with Crippen LogP contribution >= 0.6 is 0 Å². The third kappa shape index (κ3) is 6.01. The molecule has 174 valence electrons. The smallest absolute Gasteiger partial charge is 0.303 e. The number of anilines is 3. The van der Waals surface area contributed by atoms with Gasteiger partial charge in [0.2, 0.25) is 11.7 Å². The van der Waals surface area contributed by atoms with Crippen LogP contribution in [0.2, 0.25) is 0 Å². The molecule has 0 aliphatic heterocycles. The summed E-state index contributed by atoms with van der Waals surface area (Å²) in [5.74, 6) is -3.74. The van der Waals surface area contributed by atoms with Crippen molar-refractivity contribution >= 4 is 23.2 Å². The normalized spacial score (nSPS) is 11.9. The van der Waals surface area contributed by atoms with E-state index >= 15 is 0 Å². The standard InChI is InChI=1S/C22H25F2N7O2/c1-6-13-7-19(31-20(29-13)22(5,23)24)30-15-8-18(28-12(2)32)27-9-14(15)16-10-26-17(11-25-16)21(3,4)33/h7-11,33H,6H2,1-5H3,(H2,27,28,29,30,31,32). The van der Waals surface area contributed by atoms with Crippen molar-refractivity contribution in [2.45, 2.75) is 52.6 Å². The second-order valence-corrected chi connectivity index (χ2v) is 8.08. The Hall–Kier alpha value is -3.60. The van der Waals surface area contributed by atoms with Crippen molar-refractivity contribution in [2.24, 2.45) is 0 Å². The number of halogens is 2. The second-order valence-electron chi connectivity index (χ2n) is 8.08. The first-order valence-electron chi connectivity index (χ1n) is 10.2. The highest BCUT2D eigenvalue weighted by Gasteiger charge is 2.29. The van der Waals surface area contributed by atoms with Crippen LogP contribution in [0.25, 0.3) is 11.3 Å². The van der Waals surface area contributed by atoms with E-state index in [2.05, 4.69) is 35.6 Å². The number of amides is 1. The Morgan fingerprint density at radius 1 is 1.03 bits per heavy atom. The summed E-state index contributed by atoms with van der Waals surface area (Å²) in [6.45, 7) is 7.06. The molecule has 0 radical (unpaired) electrons. The minimum Gasteiger partial charge on any atom is -0.384 e. The Morgan fingerprint density at radius 2 is 1.76 bits per heavy atom. The van der Waals surface area contributed by atoms with Crippen molar-refractivity contribution < 1.29 is 18.7 Å². The van der Waals surface area contributed by atoms with Gasteiger partial charge in [-0.25, -0.2) is 15.0 Å². The summed E-state index contributed by atoms with van der Waals surface area (Å²) < 4.78 is 27.9. The molecule has 0 aliphatic rings. The monoisotopic (exact) mass is 457 g/mol. The number of aromatic nitrogens is 5. The molecule has 3 aromatic rings. The first-order chi connectivity index (χ1) is 15.4. The predicted molar refractivity (Wildman–Crippen MR) is 119 cm³/mol. The maximum Gasteiger partial charge on any atom is 0.303 e. The minimum atomic E-state index is -3.22. The Morgan fingerprint density at radius 3 is 2.30 bits per heavy atom. The zero-order valence-electron chi connectivity index (χ0n) is 18.9. The van der Waals surface area contributed by atoms with Gasteiger partial charge in [-0.3, -0.25) is 14.8 Å². The average Bonchev–Trinajstić information content (AvgIpc) is 2.72. The lowest BCUT2D eigenvalue weighted by atomic mass is 10.1. The SMILES string of the molecule is CCc1cc(Nc2cc(NC(C)=O)ncc2-c2cnc(C(C)(C)O)cn2)nc(C(C)(F)F)n1. The van der Waals surface area contributed by atoms with Gasteiger partial charge < -0.3 is 15.7 Å². The molecule has 3 N–H and O–H groups in total. The molecule has 0 aromatic carbocycles. The number of aliphatic hydroxyl groups is 1. The molecule has 0 unspecified atom stereocenters. The first kappa shape index (κ1) is 24.1. The van der Waals surface area contributed by atoms with E-state index in [-0.39, 0.29) is 17.5 Å². The maximum atomic E-state index is 13.9. The van der Waals surface area contributed by atoms with Crippen LogP contribution < -0.4 is 10.6 Å². The van der Waals surface area contributed by atoms with Crippen LogP contribution in [0.4, 0.5) is 26.1 Å². The predicted octanol–water partition coefficient (Wildman–Crippen LogP) is 3.93. The van der Waals surface area contributed by atoms with Crippen molar-refractivity contribution in [2.75, 3.05) is 10.6 Å². The minimum absolute atomic E-state index is 0.153. The number of hydrogen-bond acceptors (Lipinski definition) is 8. The number of carbonyl (C=O) groups excluding carboxylic acids is 1. The fourth-order valence-electron chi connectivity index (χ4n) is 2.87. The van der Waals surface area contributed by atoms with Crippen LogP contribution in [0, 0.1) is 0 Å². The highest BCUT2D eigenvalue weighted by Crippen LogP contribution is 2.32. The maximum absolute atomic E-state index is 13.9. The van der Waals surface area contributed by atoms with Gasteiger partial charge in [0, 0.05) is 43.4 Å². The second kappa shape index (κ2) is 9.10. The van der Waals surface area contributed by atoms with Crippen LogP contribution in [0.15, 0.2) is 30.7 Å². The van der Waals surface area contributed by atoms with Crippen LogP contribution in [-0.4, -0.2) is 35.9 Å². The number of nitrogens with zero attached hydrogens (tertiary/aromatic N) is 5. The molecule has 0 saturated heterocycles. The lowest BCUT2D eigenvalue weighted by Crippen LogP contribution is -2.17. The lowest BCUT2D eigenvalue weighted by molar-refractivity contribution is -0.114. The van der Waals surface area contributed by atoms with Gasteiger partial charge in [0.25, 0.3) is 0 Å². The highest BCUT2D eigenvalue weighted by atomic mass is 19.3. The summed E-state index contributed by atoms with van der Waals surface area (Å²) >= 11 is 0. The molecule has 33 heavy (non-hydrogen) atoms. The van der Waals surface area contributed by atoms with E-state index < -0.39 is 17.3 Å². The number of nitrogens with one attached hydrogen (secondary N) is 2. The van der Waals surface area contributed by atoms with E-state index in [1.54, 1.807) is 32.9 Å². The highest BCUT2D eigenvalue weighted by molar-refractivity contribution is 5.89. The van der Waals surface area contributed by atoms with Crippen molar-refractivity contribution in [1.29, 1.82) is 0 Å². The summed E-state index contributed by atoms with van der Waals surface area (Å²) in [6.07, 6.45) is 4.82. The first-order valence-corrected chi connectivity index (χ1v) is 10.2. The number of alkyl halides is 2. The largest absolute Gasteiger partial charge is 0.384 e. The van der Waals surface area contributed by atoms with E-state index in [1.165, 1.54) is 25.5 Å². The summed E-state index contributed by atoms with van der Waals surface area (Å²) in [6, 6.07) is 3.11. The summed E-state index contributed by atoms with van der Waals surface area (Å²) in [4.78, 5) is 32.2. The molecule has 1 amide bonds. The van der Waals surface area contributed by atoms with Gasteiger partial charge in [-0.15, -0.1) is 0 Å². The molecule has 3 heterocycles. The van der Waals surface area contributed by atoms with E-state index in [0.717, 1.165) is 6.92 Å². The quantitative estimate of drug-likeness (QED) is 0.487. The molecule has 0 fully saturated rings. The molecule has 0 bridgehead atoms. The fraction of sp³-hybridized carbons (Fsp3) is 0.364. The van der Waals surface area contributed by atoms with Gasteiger partial charge in [-0.2, -0.15) is 8.78 Å². The van der Waals surface area contributed by atoms with E-state index in [9.17, 15) is 18.7 Å². The number of rotatable bonds is 7. The van der Waals surface area contributed by atoms with Gasteiger partial charge in [0.1, 0.15) is 17.2 Å². The molecular formula is C22H25F2N7O2. The molecule has 0 spiro atoms. The molecule has 11 heteroatoms. The Balaban J connectivity index is 2.09. The Bertz CT molecular complexity index is 1160. The number of hydrogen-bond donors (Lipinski definition) is 3. The molecule has 0 aliphatic carbocycles. The molecule has 3 aromatic heterocycles. The summed E-state index contributed by atoms with van der Waals surface area (Å²) in [7, 11) is 0. The topological polar surface area (TPSA) is 126 Å². The summed E-state index contributed by atoms with van der Waals surface area (Å²) in [5, 5.41) is 15.7. The van der Waals surface area contributed by atoms with Gasteiger partial charge in [0.15, 0.2) is 0 Å². The van der Waals surface area contributed by atoms with Crippen LogP contribution in [0.1, 0.15) is 51.8 Å². The van der Waals surface area contributed by atoms with E-state index in [1.807, 2.05) is 0 Å². The zero-order chi connectivity index (χ0) is 24.4. The van der Waals surface area contributed by atoms with Gasteiger partial charge in [0.05, 0.1) is 29.5 Å². The summed E-state index contributed by atoms with van der Waals surface area (Å²) in [5.41, 5.74) is 0.959. The molecule has 3 rings (SSSR count). The Kier molecular flexibility index (Phi) is 6.63. The molecule has 9 nitrogen and oxygen atoms in total.